The zero-order valence-electron chi connectivity index (χ0n) is 10.6. The van der Waals surface area contributed by atoms with Crippen molar-refractivity contribution in [1.29, 1.82) is 0 Å². The van der Waals surface area contributed by atoms with Crippen LogP contribution in [0.5, 0.6) is 0 Å². The highest BCUT2D eigenvalue weighted by atomic mass is 32.1. The van der Waals surface area contributed by atoms with Crippen molar-refractivity contribution in [3.63, 3.8) is 0 Å². The van der Waals surface area contributed by atoms with E-state index >= 15 is 0 Å². The number of hydrogen-bond acceptors (Lipinski definition) is 3. The molecule has 0 saturated carbocycles. The molecule has 0 spiro atoms. The van der Waals surface area contributed by atoms with Crippen LogP contribution in [0, 0.1) is 4.77 Å². The lowest BCUT2D eigenvalue weighted by Crippen LogP contribution is -2.28. The van der Waals surface area contributed by atoms with Gasteiger partial charge < -0.3 is 9.47 Å². The van der Waals surface area contributed by atoms with Crippen LogP contribution in [0.3, 0.4) is 0 Å². The molecule has 0 aromatic carbocycles. The third-order valence-electron chi connectivity index (χ3n) is 2.22. The number of aromatic nitrogens is 3. The van der Waals surface area contributed by atoms with E-state index in [2.05, 4.69) is 5.10 Å². The first kappa shape index (κ1) is 12.9. The zero-order chi connectivity index (χ0) is 12.7. The van der Waals surface area contributed by atoms with E-state index in [1.54, 1.807) is 18.7 Å². The second-order valence-electron chi connectivity index (χ2n) is 5.00. The maximum Gasteiger partial charge on any atom is 0.346 e. The Morgan fingerprint density at radius 1 is 1.38 bits per heavy atom. The molecule has 1 heterocycles. The Kier molecular flexibility index (Phi) is 3.23. The van der Waals surface area contributed by atoms with E-state index in [4.69, 9.17) is 12.2 Å². The Bertz CT molecular complexity index is 464. The number of carbonyl (C=O) groups is 1. The summed E-state index contributed by atoms with van der Waals surface area (Å²) in [6.07, 6.45) is 0. The van der Waals surface area contributed by atoms with Crippen molar-refractivity contribution in [2.24, 2.45) is 7.05 Å². The van der Waals surface area contributed by atoms with Crippen LogP contribution < -0.4 is 0 Å². The minimum atomic E-state index is -0.226. The summed E-state index contributed by atoms with van der Waals surface area (Å²) in [6, 6.07) is -0.226. The monoisotopic (exact) mass is 242 g/mol. The Hall–Kier alpha value is -1.17. The Balaban J connectivity index is 3.37. The molecule has 90 valence electrons. The molecule has 0 atom stereocenters. The fourth-order valence-corrected chi connectivity index (χ4v) is 1.61. The Labute approximate surface area is 101 Å². The molecule has 0 N–H and O–H groups in total. The number of amides is 1. The molecule has 1 aromatic rings. The Morgan fingerprint density at radius 3 is 2.19 bits per heavy atom. The van der Waals surface area contributed by atoms with Gasteiger partial charge in [0.05, 0.1) is 0 Å². The second-order valence-corrected chi connectivity index (χ2v) is 5.37. The molecule has 1 rings (SSSR count). The lowest BCUT2D eigenvalue weighted by atomic mass is 9.96. The van der Waals surface area contributed by atoms with Crippen LogP contribution in [0.1, 0.15) is 26.6 Å². The largest absolute Gasteiger partial charge is 0.346 e. The number of rotatable bonds is 0. The van der Waals surface area contributed by atoms with Crippen molar-refractivity contribution in [3.05, 3.63) is 10.6 Å². The first-order chi connectivity index (χ1) is 7.16. The molecule has 0 aliphatic carbocycles. The van der Waals surface area contributed by atoms with Crippen molar-refractivity contribution in [1.82, 2.24) is 19.2 Å². The lowest BCUT2D eigenvalue weighted by molar-refractivity contribution is 0.215. The number of nitrogens with zero attached hydrogens (tertiary/aromatic N) is 4. The fourth-order valence-electron chi connectivity index (χ4n) is 1.40. The van der Waals surface area contributed by atoms with Crippen molar-refractivity contribution >= 4 is 18.2 Å². The summed E-state index contributed by atoms with van der Waals surface area (Å²) >= 11 is 5.19. The number of carbonyl (C=O) groups excluding carboxylic acids is 1. The summed E-state index contributed by atoms with van der Waals surface area (Å²) in [7, 11) is 5.18. The highest BCUT2D eigenvalue weighted by molar-refractivity contribution is 7.71. The number of hydrogen-bond donors (Lipinski definition) is 0. The van der Waals surface area contributed by atoms with Crippen LogP contribution in [0.2, 0.25) is 0 Å². The molecule has 6 heteroatoms. The maximum atomic E-state index is 11.8. The van der Waals surface area contributed by atoms with Crippen LogP contribution >= 0.6 is 12.2 Å². The summed E-state index contributed by atoms with van der Waals surface area (Å²) in [5.74, 6) is 0.799. The van der Waals surface area contributed by atoms with Gasteiger partial charge in [0.2, 0.25) is 4.77 Å². The van der Waals surface area contributed by atoms with Crippen molar-refractivity contribution < 1.29 is 4.79 Å². The molecule has 0 aliphatic heterocycles. The van der Waals surface area contributed by atoms with Gasteiger partial charge >= 0.3 is 6.03 Å². The predicted octanol–water partition coefficient (Wildman–Crippen LogP) is 1.78. The van der Waals surface area contributed by atoms with E-state index in [1.807, 2.05) is 27.8 Å². The highest BCUT2D eigenvalue weighted by Crippen LogP contribution is 2.19. The van der Waals surface area contributed by atoms with Gasteiger partial charge in [-0.2, -0.15) is 4.68 Å². The van der Waals surface area contributed by atoms with E-state index in [1.165, 1.54) is 9.58 Å². The first-order valence-corrected chi connectivity index (χ1v) is 5.45. The normalized spacial score (nSPS) is 11.6. The zero-order valence-corrected chi connectivity index (χ0v) is 11.4. The molecule has 0 bridgehead atoms. The second kappa shape index (κ2) is 4.01. The highest BCUT2D eigenvalue weighted by Gasteiger charge is 2.24. The van der Waals surface area contributed by atoms with Gasteiger partial charge in [0.15, 0.2) is 0 Å². The molecular formula is C10H18N4OS. The maximum absolute atomic E-state index is 11.8. The SMILES string of the molecule is CN(C)C(=O)n1nc(C(C)(C)C)n(C)c1=S. The summed E-state index contributed by atoms with van der Waals surface area (Å²) in [5.41, 5.74) is -0.139. The average molecular weight is 242 g/mol. The Morgan fingerprint density at radius 2 is 1.88 bits per heavy atom. The topological polar surface area (TPSA) is 43.1 Å². The van der Waals surface area contributed by atoms with Gasteiger partial charge in [-0.05, 0) is 12.2 Å². The molecule has 16 heavy (non-hydrogen) atoms. The minimum absolute atomic E-state index is 0.139. The molecule has 5 nitrogen and oxygen atoms in total. The molecule has 0 aliphatic rings. The van der Waals surface area contributed by atoms with Crippen molar-refractivity contribution in [2.75, 3.05) is 14.1 Å². The molecule has 0 radical (unpaired) electrons. The molecule has 1 amide bonds. The summed E-state index contributed by atoms with van der Waals surface area (Å²) in [4.78, 5) is 13.3. The third-order valence-corrected chi connectivity index (χ3v) is 2.66. The molecule has 0 saturated heterocycles. The third kappa shape index (κ3) is 2.16. The lowest BCUT2D eigenvalue weighted by Gasteiger charge is -2.16. The smallest absolute Gasteiger partial charge is 0.329 e. The predicted molar refractivity (Wildman–Crippen MR) is 65.2 cm³/mol. The van der Waals surface area contributed by atoms with Gasteiger partial charge in [-0.15, -0.1) is 5.10 Å². The van der Waals surface area contributed by atoms with Crippen LogP contribution in [-0.4, -0.2) is 39.4 Å². The molecule has 0 fully saturated rings. The van der Waals surface area contributed by atoms with Crippen LogP contribution in [0.15, 0.2) is 0 Å². The van der Waals surface area contributed by atoms with Gasteiger partial charge in [-0.1, -0.05) is 20.8 Å². The van der Waals surface area contributed by atoms with Gasteiger partial charge in [-0.25, -0.2) is 4.79 Å². The van der Waals surface area contributed by atoms with Crippen LogP contribution in [0.25, 0.3) is 0 Å². The standard InChI is InChI=1S/C10H18N4OS/c1-10(2,3)7-11-14(8(15)12(4)5)9(16)13(7)6/h1-6H3. The van der Waals surface area contributed by atoms with Gasteiger partial charge in [-0.3, -0.25) is 0 Å². The minimum Gasteiger partial charge on any atom is -0.329 e. The van der Waals surface area contributed by atoms with Crippen LogP contribution in [-0.2, 0) is 12.5 Å². The van der Waals surface area contributed by atoms with E-state index < -0.39 is 0 Å². The summed E-state index contributed by atoms with van der Waals surface area (Å²) < 4.78 is 3.45. The van der Waals surface area contributed by atoms with Gasteiger partial charge in [0.25, 0.3) is 0 Å². The summed E-state index contributed by atoms with van der Waals surface area (Å²) in [6.45, 7) is 6.11. The first-order valence-electron chi connectivity index (χ1n) is 5.04. The molecule has 0 unspecified atom stereocenters. The van der Waals surface area contributed by atoms with E-state index in [9.17, 15) is 4.79 Å². The van der Waals surface area contributed by atoms with Gasteiger partial charge in [0.1, 0.15) is 5.82 Å². The molecular weight excluding hydrogens is 224 g/mol. The van der Waals surface area contributed by atoms with E-state index in [0.29, 0.717) is 4.77 Å². The van der Waals surface area contributed by atoms with E-state index in [-0.39, 0.29) is 11.4 Å². The van der Waals surface area contributed by atoms with Crippen molar-refractivity contribution in [2.45, 2.75) is 26.2 Å². The van der Waals surface area contributed by atoms with Crippen molar-refractivity contribution in [3.8, 4) is 0 Å². The van der Waals surface area contributed by atoms with E-state index in [0.717, 1.165) is 5.82 Å². The molecule has 1 aromatic heterocycles. The average Bonchev–Trinajstić information content (AvgIpc) is 2.42. The quantitative estimate of drug-likeness (QED) is 0.651. The summed E-state index contributed by atoms with van der Waals surface area (Å²) in [5, 5.41) is 4.29. The fraction of sp³-hybridized carbons (Fsp3) is 0.700. The van der Waals surface area contributed by atoms with Crippen LogP contribution in [0.4, 0.5) is 4.79 Å². The van der Waals surface area contributed by atoms with Gasteiger partial charge in [0, 0.05) is 26.6 Å².